The third kappa shape index (κ3) is 5.17. The number of nitrogens with zero attached hydrogens (tertiary/aromatic N) is 3. The van der Waals surface area contributed by atoms with E-state index >= 15 is 0 Å². The molecule has 3 aromatic rings. The molecule has 0 bridgehead atoms. The van der Waals surface area contributed by atoms with Crippen LogP contribution in [0.4, 0.5) is 0 Å². The van der Waals surface area contributed by atoms with Crippen molar-refractivity contribution in [2.24, 2.45) is 0 Å². The van der Waals surface area contributed by atoms with E-state index in [1.54, 1.807) is 12.4 Å². The van der Waals surface area contributed by atoms with Gasteiger partial charge >= 0.3 is 0 Å². The average molecular weight is 458 g/mol. The monoisotopic (exact) mass is 457 g/mol. The van der Waals surface area contributed by atoms with Crippen LogP contribution in [0, 0.1) is 13.8 Å². The molecule has 34 heavy (non-hydrogen) atoms. The molecule has 5 rings (SSSR count). The van der Waals surface area contributed by atoms with Gasteiger partial charge in [0.25, 0.3) is 0 Å². The molecular weight excluding hydrogens is 422 g/mol. The summed E-state index contributed by atoms with van der Waals surface area (Å²) in [4.78, 5) is 9.12. The number of pyridine rings is 1. The molecule has 1 fully saturated rings. The molecule has 2 aromatic carbocycles. The Bertz CT molecular complexity index is 1120. The fraction of sp³-hybridized carbons (Fsp3) is 0.414. The number of hydrogen-bond acceptors (Lipinski definition) is 5. The van der Waals surface area contributed by atoms with Crippen molar-refractivity contribution in [3.05, 3.63) is 94.3 Å². The largest absolute Gasteiger partial charge is 0.492 e. The number of likely N-dealkylation sites (tertiary alicyclic amines) is 1. The molecule has 0 aliphatic carbocycles. The van der Waals surface area contributed by atoms with Crippen LogP contribution < -0.4 is 4.74 Å². The third-order valence-electron chi connectivity index (χ3n) is 7.36. The Kier molecular flexibility index (Phi) is 6.68. The number of aliphatic hydroxyl groups is 1. The second kappa shape index (κ2) is 9.87. The van der Waals surface area contributed by atoms with Crippen LogP contribution in [0.15, 0.2) is 60.9 Å². The summed E-state index contributed by atoms with van der Waals surface area (Å²) in [6, 6.07) is 17.3. The zero-order valence-electron chi connectivity index (χ0n) is 20.3. The fourth-order valence-electron chi connectivity index (χ4n) is 5.27. The SMILES string of the molecule is Cc1ccc(CN2CCOc3ccc(CN4CCC(O)(c5cccnc5)CC4)cc3C2)c(C)c1. The maximum Gasteiger partial charge on any atom is 0.123 e. The van der Waals surface area contributed by atoms with Gasteiger partial charge in [0.15, 0.2) is 0 Å². The van der Waals surface area contributed by atoms with Crippen LogP contribution in [0.3, 0.4) is 0 Å². The summed E-state index contributed by atoms with van der Waals surface area (Å²) in [6.45, 7) is 10.5. The van der Waals surface area contributed by atoms with Crippen LogP contribution in [-0.2, 0) is 25.2 Å². The molecule has 5 heteroatoms. The molecule has 0 radical (unpaired) electrons. The van der Waals surface area contributed by atoms with Crippen molar-refractivity contribution in [2.45, 2.75) is 51.9 Å². The second-order valence-electron chi connectivity index (χ2n) is 9.98. The zero-order chi connectivity index (χ0) is 23.5. The molecule has 0 spiro atoms. The van der Waals surface area contributed by atoms with Crippen LogP contribution in [0.5, 0.6) is 5.75 Å². The van der Waals surface area contributed by atoms with Gasteiger partial charge < -0.3 is 9.84 Å². The minimum atomic E-state index is -0.763. The van der Waals surface area contributed by atoms with Crippen molar-refractivity contribution >= 4 is 0 Å². The van der Waals surface area contributed by atoms with Crippen molar-refractivity contribution in [1.82, 2.24) is 14.8 Å². The normalized spacial score (nSPS) is 18.7. The summed E-state index contributed by atoms with van der Waals surface area (Å²) in [7, 11) is 0. The van der Waals surface area contributed by atoms with E-state index in [1.165, 1.54) is 27.8 Å². The smallest absolute Gasteiger partial charge is 0.123 e. The topological polar surface area (TPSA) is 48.8 Å². The number of hydrogen-bond donors (Lipinski definition) is 1. The minimum absolute atomic E-state index is 0.719. The number of aromatic nitrogens is 1. The fourth-order valence-corrected chi connectivity index (χ4v) is 5.27. The van der Waals surface area contributed by atoms with Gasteiger partial charge in [-0.1, -0.05) is 35.9 Å². The number of benzene rings is 2. The van der Waals surface area contributed by atoms with E-state index in [0.29, 0.717) is 0 Å². The number of aryl methyl sites for hydroxylation is 2. The van der Waals surface area contributed by atoms with E-state index in [4.69, 9.17) is 4.74 Å². The summed E-state index contributed by atoms with van der Waals surface area (Å²) in [5.41, 5.74) is 6.80. The molecule has 2 aliphatic heterocycles. The van der Waals surface area contributed by atoms with Gasteiger partial charge in [-0.15, -0.1) is 0 Å². The first-order chi connectivity index (χ1) is 16.5. The van der Waals surface area contributed by atoms with Crippen molar-refractivity contribution < 1.29 is 9.84 Å². The first-order valence-electron chi connectivity index (χ1n) is 12.4. The number of piperidine rings is 1. The van der Waals surface area contributed by atoms with Gasteiger partial charge in [0.2, 0.25) is 0 Å². The van der Waals surface area contributed by atoms with Crippen molar-refractivity contribution in [3.63, 3.8) is 0 Å². The summed E-state index contributed by atoms with van der Waals surface area (Å²) in [5.74, 6) is 1.01. The highest BCUT2D eigenvalue weighted by atomic mass is 16.5. The first-order valence-corrected chi connectivity index (χ1v) is 12.4. The molecule has 0 unspecified atom stereocenters. The summed E-state index contributed by atoms with van der Waals surface area (Å²) in [5, 5.41) is 11.1. The van der Waals surface area contributed by atoms with Gasteiger partial charge in [0, 0.05) is 62.8 Å². The highest BCUT2D eigenvalue weighted by Gasteiger charge is 2.34. The summed E-state index contributed by atoms with van der Waals surface area (Å²) in [6.07, 6.45) is 5.02. The zero-order valence-corrected chi connectivity index (χ0v) is 20.3. The van der Waals surface area contributed by atoms with Gasteiger partial charge in [-0.05, 0) is 61.6 Å². The van der Waals surface area contributed by atoms with E-state index in [1.807, 2.05) is 12.1 Å². The quantitative estimate of drug-likeness (QED) is 0.608. The standard InChI is InChI=1S/C29H35N3O2/c1-22-5-7-25(23(2)16-22)20-32-14-15-34-28-8-6-24(17-26(28)21-32)19-31-12-9-29(33,10-13-31)27-4-3-11-30-18-27/h3-8,11,16-18,33H,9-10,12-15,19-21H2,1-2H3. The van der Waals surface area contributed by atoms with Gasteiger partial charge in [0.1, 0.15) is 12.4 Å². The Balaban J connectivity index is 1.23. The van der Waals surface area contributed by atoms with Crippen LogP contribution >= 0.6 is 0 Å². The maximum absolute atomic E-state index is 11.1. The molecular formula is C29H35N3O2. The Morgan fingerprint density at radius 1 is 0.971 bits per heavy atom. The summed E-state index contributed by atoms with van der Waals surface area (Å²) < 4.78 is 6.09. The van der Waals surface area contributed by atoms with Crippen molar-refractivity contribution in [3.8, 4) is 5.75 Å². The molecule has 0 amide bonds. The number of rotatable bonds is 5. The second-order valence-corrected chi connectivity index (χ2v) is 9.98. The number of fused-ring (bicyclic) bond motifs is 1. The Morgan fingerprint density at radius 3 is 2.59 bits per heavy atom. The van der Waals surface area contributed by atoms with E-state index in [2.05, 4.69) is 65.0 Å². The lowest BCUT2D eigenvalue weighted by Crippen LogP contribution is -2.42. The molecule has 5 nitrogen and oxygen atoms in total. The lowest BCUT2D eigenvalue weighted by molar-refractivity contribution is -0.0279. The Hall–Kier alpha value is -2.73. The first kappa shape index (κ1) is 23.0. The number of ether oxygens (including phenoxy) is 1. The minimum Gasteiger partial charge on any atom is -0.492 e. The Morgan fingerprint density at radius 2 is 1.82 bits per heavy atom. The molecule has 0 atom stereocenters. The molecule has 0 saturated carbocycles. The molecule has 178 valence electrons. The van der Waals surface area contributed by atoms with E-state index in [-0.39, 0.29) is 0 Å². The van der Waals surface area contributed by atoms with E-state index in [0.717, 1.165) is 70.0 Å². The van der Waals surface area contributed by atoms with Crippen LogP contribution in [0.25, 0.3) is 0 Å². The van der Waals surface area contributed by atoms with Gasteiger partial charge in [-0.2, -0.15) is 0 Å². The highest BCUT2D eigenvalue weighted by molar-refractivity contribution is 5.38. The van der Waals surface area contributed by atoms with Gasteiger partial charge in [0.05, 0.1) is 5.60 Å². The van der Waals surface area contributed by atoms with Gasteiger partial charge in [-0.25, -0.2) is 0 Å². The predicted molar refractivity (Wildman–Crippen MR) is 135 cm³/mol. The molecule has 1 saturated heterocycles. The lowest BCUT2D eigenvalue weighted by Gasteiger charge is -2.38. The lowest BCUT2D eigenvalue weighted by atomic mass is 9.85. The van der Waals surface area contributed by atoms with Gasteiger partial charge in [-0.3, -0.25) is 14.8 Å². The molecule has 1 aromatic heterocycles. The summed E-state index contributed by atoms with van der Waals surface area (Å²) >= 11 is 0. The Labute approximate surface area is 203 Å². The van der Waals surface area contributed by atoms with Crippen molar-refractivity contribution in [1.29, 1.82) is 0 Å². The van der Waals surface area contributed by atoms with Crippen LogP contribution in [-0.4, -0.2) is 46.1 Å². The van der Waals surface area contributed by atoms with Crippen molar-refractivity contribution in [2.75, 3.05) is 26.2 Å². The molecule has 1 N–H and O–H groups in total. The third-order valence-corrected chi connectivity index (χ3v) is 7.36. The van der Waals surface area contributed by atoms with E-state index in [9.17, 15) is 5.11 Å². The predicted octanol–water partition coefficient (Wildman–Crippen LogP) is 4.58. The molecule has 2 aliphatic rings. The van der Waals surface area contributed by atoms with E-state index < -0.39 is 5.60 Å². The highest BCUT2D eigenvalue weighted by Crippen LogP contribution is 2.33. The van der Waals surface area contributed by atoms with Crippen LogP contribution in [0.1, 0.15) is 46.2 Å². The maximum atomic E-state index is 11.1. The average Bonchev–Trinajstić information content (AvgIpc) is 3.04. The molecule has 3 heterocycles. The van der Waals surface area contributed by atoms with Crippen LogP contribution in [0.2, 0.25) is 0 Å².